The van der Waals surface area contributed by atoms with Crippen molar-refractivity contribution in [2.75, 3.05) is 12.9 Å². The number of methoxy groups -OCH3 is 1. The molecule has 3 nitrogen and oxygen atoms in total. The Kier molecular flexibility index (Phi) is 2.93. The van der Waals surface area contributed by atoms with Crippen LogP contribution in [0, 0.1) is 0 Å². The Balaban J connectivity index is 2.50. The minimum Gasteiger partial charge on any atom is -0.481 e. The van der Waals surface area contributed by atoms with Crippen molar-refractivity contribution >= 4 is 11.8 Å². The molecule has 1 aromatic heterocycles. The van der Waals surface area contributed by atoms with Gasteiger partial charge in [-0.05, 0) is 23.3 Å². The molecule has 0 fully saturated rings. The predicted octanol–water partition coefficient (Wildman–Crippen LogP) is 1.34. The van der Waals surface area contributed by atoms with Crippen LogP contribution in [0.1, 0.15) is 16.7 Å². The number of aryl methyl sites for hydroxylation is 1. The lowest BCUT2D eigenvalue weighted by Crippen LogP contribution is -2.12. The Morgan fingerprint density at radius 2 is 2.50 bits per heavy atom. The average molecular weight is 210 g/mol. The second kappa shape index (κ2) is 4.19. The van der Waals surface area contributed by atoms with E-state index in [1.807, 2.05) is 18.0 Å². The van der Waals surface area contributed by atoms with Crippen LogP contribution in [-0.2, 0) is 18.7 Å². The van der Waals surface area contributed by atoms with Gasteiger partial charge in [0.25, 0.3) is 0 Å². The first-order chi connectivity index (χ1) is 6.86. The fourth-order valence-electron chi connectivity index (χ4n) is 1.75. The molecule has 2 N–H and O–H groups in total. The summed E-state index contributed by atoms with van der Waals surface area (Å²) in [5.74, 6) is 2.92. The molecule has 1 aliphatic heterocycles. The van der Waals surface area contributed by atoms with E-state index in [1.54, 1.807) is 7.11 Å². The van der Waals surface area contributed by atoms with Gasteiger partial charge in [-0.3, -0.25) is 0 Å². The lowest BCUT2D eigenvalue weighted by molar-refractivity contribution is 0.391. The van der Waals surface area contributed by atoms with Crippen molar-refractivity contribution in [3.63, 3.8) is 0 Å². The monoisotopic (exact) mass is 210 g/mol. The lowest BCUT2D eigenvalue weighted by atomic mass is 10.0. The van der Waals surface area contributed by atoms with Gasteiger partial charge in [0.1, 0.15) is 0 Å². The quantitative estimate of drug-likeness (QED) is 0.800. The standard InChI is InChI=1S/C10H14N2OS/c1-13-10-8(4-11)9-6-14-3-2-7(9)5-12-10/h5H,2-4,6,11H2,1H3. The smallest absolute Gasteiger partial charge is 0.217 e. The van der Waals surface area contributed by atoms with E-state index >= 15 is 0 Å². The molecule has 0 aromatic carbocycles. The zero-order chi connectivity index (χ0) is 9.97. The number of fused-ring (bicyclic) bond motifs is 1. The second-order valence-electron chi connectivity index (χ2n) is 3.26. The Bertz CT molecular complexity index is 326. The molecule has 0 aliphatic carbocycles. The topological polar surface area (TPSA) is 48.1 Å². The second-order valence-corrected chi connectivity index (χ2v) is 4.36. The van der Waals surface area contributed by atoms with Gasteiger partial charge >= 0.3 is 0 Å². The molecule has 0 amide bonds. The Labute approximate surface area is 88.0 Å². The maximum atomic E-state index is 5.72. The summed E-state index contributed by atoms with van der Waals surface area (Å²) in [6.45, 7) is 0.514. The van der Waals surface area contributed by atoms with Crippen molar-refractivity contribution in [3.8, 4) is 5.88 Å². The van der Waals surface area contributed by atoms with Crippen molar-refractivity contribution in [3.05, 3.63) is 22.9 Å². The molecule has 0 saturated carbocycles. The van der Waals surface area contributed by atoms with Crippen LogP contribution in [0.5, 0.6) is 5.88 Å². The maximum absolute atomic E-state index is 5.72. The first-order valence-corrected chi connectivity index (χ1v) is 5.83. The molecule has 14 heavy (non-hydrogen) atoms. The van der Waals surface area contributed by atoms with Gasteiger partial charge in [-0.25, -0.2) is 4.98 Å². The van der Waals surface area contributed by atoms with Crippen LogP contribution in [-0.4, -0.2) is 17.8 Å². The van der Waals surface area contributed by atoms with E-state index in [0.717, 1.165) is 17.7 Å². The van der Waals surface area contributed by atoms with E-state index in [0.29, 0.717) is 12.4 Å². The molecule has 4 heteroatoms. The summed E-state index contributed by atoms with van der Waals surface area (Å²) < 4.78 is 5.20. The molecule has 0 unspecified atom stereocenters. The van der Waals surface area contributed by atoms with E-state index in [1.165, 1.54) is 16.9 Å². The number of hydrogen-bond donors (Lipinski definition) is 1. The molecule has 1 aromatic rings. The molecule has 1 aliphatic rings. The highest BCUT2D eigenvalue weighted by atomic mass is 32.2. The van der Waals surface area contributed by atoms with Crippen molar-refractivity contribution in [1.82, 2.24) is 4.98 Å². The van der Waals surface area contributed by atoms with Gasteiger partial charge < -0.3 is 10.5 Å². The fourth-order valence-corrected chi connectivity index (χ4v) is 2.83. The molecule has 2 heterocycles. The van der Waals surface area contributed by atoms with Gasteiger partial charge in [0, 0.05) is 24.1 Å². The summed E-state index contributed by atoms with van der Waals surface area (Å²) in [5.41, 5.74) is 9.48. The highest BCUT2D eigenvalue weighted by Gasteiger charge is 2.17. The Hall–Kier alpha value is -0.740. The van der Waals surface area contributed by atoms with Crippen LogP contribution < -0.4 is 10.5 Å². The van der Waals surface area contributed by atoms with Crippen LogP contribution in [0.15, 0.2) is 6.20 Å². The van der Waals surface area contributed by atoms with Gasteiger partial charge in [-0.2, -0.15) is 11.8 Å². The van der Waals surface area contributed by atoms with Gasteiger partial charge in [-0.1, -0.05) is 0 Å². The molecule has 0 spiro atoms. The molecular weight excluding hydrogens is 196 g/mol. The van der Waals surface area contributed by atoms with E-state index < -0.39 is 0 Å². The number of pyridine rings is 1. The van der Waals surface area contributed by atoms with E-state index in [4.69, 9.17) is 10.5 Å². The summed E-state index contributed by atoms with van der Waals surface area (Å²) in [6.07, 6.45) is 3.02. The van der Waals surface area contributed by atoms with E-state index in [2.05, 4.69) is 4.98 Å². The van der Waals surface area contributed by atoms with E-state index in [-0.39, 0.29) is 0 Å². The normalized spacial score (nSPS) is 15.0. The van der Waals surface area contributed by atoms with Crippen LogP contribution >= 0.6 is 11.8 Å². The highest BCUT2D eigenvalue weighted by molar-refractivity contribution is 7.98. The predicted molar refractivity (Wildman–Crippen MR) is 58.5 cm³/mol. The molecular formula is C10H14N2OS. The first-order valence-electron chi connectivity index (χ1n) is 4.68. The Morgan fingerprint density at radius 3 is 3.21 bits per heavy atom. The number of thioether (sulfide) groups is 1. The fraction of sp³-hybridized carbons (Fsp3) is 0.500. The largest absolute Gasteiger partial charge is 0.481 e. The SMILES string of the molecule is COc1ncc2c(c1CN)CSCC2. The van der Waals surface area contributed by atoms with Crippen LogP contribution in [0.2, 0.25) is 0 Å². The molecule has 0 bridgehead atoms. The number of ether oxygens (including phenoxy) is 1. The van der Waals surface area contributed by atoms with Crippen molar-refractivity contribution < 1.29 is 4.74 Å². The summed E-state index contributed by atoms with van der Waals surface area (Å²) in [4.78, 5) is 4.27. The summed E-state index contributed by atoms with van der Waals surface area (Å²) in [7, 11) is 1.64. The zero-order valence-electron chi connectivity index (χ0n) is 8.25. The van der Waals surface area contributed by atoms with Crippen molar-refractivity contribution in [2.45, 2.75) is 18.7 Å². The third kappa shape index (κ3) is 1.60. The molecule has 2 rings (SSSR count). The average Bonchev–Trinajstić information content (AvgIpc) is 2.27. The number of aromatic nitrogens is 1. The van der Waals surface area contributed by atoms with Crippen molar-refractivity contribution in [1.29, 1.82) is 0 Å². The minimum absolute atomic E-state index is 0.514. The highest BCUT2D eigenvalue weighted by Crippen LogP contribution is 2.30. The number of rotatable bonds is 2. The minimum atomic E-state index is 0.514. The van der Waals surface area contributed by atoms with Gasteiger partial charge in [-0.15, -0.1) is 0 Å². The van der Waals surface area contributed by atoms with E-state index in [9.17, 15) is 0 Å². The van der Waals surface area contributed by atoms with Crippen LogP contribution in [0.25, 0.3) is 0 Å². The maximum Gasteiger partial charge on any atom is 0.217 e. The third-order valence-electron chi connectivity index (χ3n) is 2.51. The number of nitrogens with zero attached hydrogens (tertiary/aromatic N) is 1. The third-order valence-corrected chi connectivity index (χ3v) is 3.49. The number of nitrogens with two attached hydrogens (primary N) is 1. The Morgan fingerprint density at radius 1 is 1.64 bits per heavy atom. The number of hydrogen-bond acceptors (Lipinski definition) is 4. The van der Waals surface area contributed by atoms with Crippen molar-refractivity contribution in [2.24, 2.45) is 5.73 Å². The summed E-state index contributed by atoms with van der Waals surface area (Å²) in [5, 5.41) is 0. The van der Waals surface area contributed by atoms with Crippen LogP contribution in [0.4, 0.5) is 0 Å². The van der Waals surface area contributed by atoms with Gasteiger partial charge in [0.2, 0.25) is 5.88 Å². The van der Waals surface area contributed by atoms with Gasteiger partial charge in [0.05, 0.1) is 7.11 Å². The first kappa shape index (κ1) is 9.80. The summed E-state index contributed by atoms with van der Waals surface area (Å²) in [6, 6.07) is 0. The summed E-state index contributed by atoms with van der Waals surface area (Å²) >= 11 is 1.95. The van der Waals surface area contributed by atoms with Crippen LogP contribution in [0.3, 0.4) is 0 Å². The molecule has 0 saturated heterocycles. The zero-order valence-corrected chi connectivity index (χ0v) is 9.06. The molecule has 0 atom stereocenters. The molecule has 0 radical (unpaired) electrons. The molecule has 76 valence electrons. The lowest BCUT2D eigenvalue weighted by Gasteiger charge is -2.19. The van der Waals surface area contributed by atoms with Gasteiger partial charge in [0.15, 0.2) is 0 Å².